The number of aromatic amines is 2. The molecule has 1 unspecified atom stereocenters. The molecule has 1 amide bonds. The Morgan fingerprint density at radius 2 is 2.00 bits per heavy atom. The van der Waals surface area contributed by atoms with Crippen molar-refractivity contribution in [3.63, 3.8) is 0 Å². The summed E-state index contributed by atoms with van der Waals surface area (Å²) in [5, 5.41) is 0. The van der Waals surface area contributed by atoms with Gasteiger partial charge < -0.3 is 14.9 Å². The molecule has 1 fully saturated rings. The van der Waals surface area contributed by atoms with Crippen LogP contribution in [0.5, 0.6) is 0 Å². The van der Waals surface area contributed by atoms with Crippen molar-refractivity contribution in [2.75, 3.05) is 19.6 Å². The number of imidazole rings is 1. The molecule has 0 spiro atoms. The van der Waals surface area contributed by atoms with Crippen molar-refractivity contribution in [2.45, 2.75) is 32.9 Å². The van der Waals surface area contributed by atoms with Crippen molar-refractivity contribution in [3.8, 4) is 0 Å². The topological polar surface area (TPSA) is 72.2 Å². The van der Waals surface area contributed by atoms with Crippen molar-refractivity contribution in [3.05, 3.63) is 58.0 Å². The minimum Gasteiger partial charge on any atom is -0.336 e. The molecule has 7 heteroatoms. The van der Waals surface area contributed by atoms with Gasteiger partial charge in [-0.2, -0.15) is 0 Å². The number of carbonyl (C=O) groups is 1. The van der Waals surface area contributed by atoms with Gasteiger partial charge in [-0.3, -0.25) is 9.69 Å². The fraction of sp³-hybridized carbons (Fsp3) is 0.474. The van der Waals surface area contributed by atoms with Gasteiger partial charge in [-0.05, 0) is 30.0 Å². The van der Waals surface area contributed by atoms with Crippen LogP contribution in [0.15, 0.2) is 35.3 Å². The maximum atomic E-state index is 13.2. The van der Waals surface area contributed by atoms with E-state index < -0.39 is 0 Å². The first kappa shape index (κ1) is 18.4. The Bertz CT molecular complexity index is 796. The molecule has 1 saturated heterocycles. The van der Waals surface area contributed by atoms with E-state index in [1.165, 1.54) is 18.3 Å². The number of rotatable bonds is 4. The number of halogens is 1. The normalized spacial score (nSPS) is 18.9. The zero-order valence-electron chi connectivity index (χ0n) is 15.2. The van der Waals surface area contributed by atoms with Crippen LogP contribution in [0.1, 0.15) is 36.3 Å². The lowest BCUT2D eigenvalue weighted by molar-refractivity contribution is 0.0697. The first-order valence-electron chi connectivity index (χ1n) is 8.99. The van der Waals surface area contributed by atoms with Gasteiger partial charge in [0, 0.05) is 38.4 Å². The zero-order valence-corrected chi connectivity index (χ0v) is 15.2. The number of H-pyrrole nitrogens is 2. The summed E-state index contributed by atoms with van der Waals surface area (Å²) in [6.07, 6.45) is 2.28. The molecule has 3 rings (SSSR count). The molecule has 0 saturated carbocycles. The first-order chi connectivity index (χ1) is 12.4. The first-order valence-corrected chi connectivity index (χ1v) is 8.99. The second kappa shape index (κ2) is 7.86. The molecular weight excluding hydrogens is 335 g/mol. The number of aromatic nitrogens is 2. The van der Waals surface area contributed by atoms with Crippen LogP contribution in [0.25, 0.3) is 0 Å². The van der Waals surface area contributed by atoms with E-state index >= 15 is 0 Å². The molecule has 1 aliphatic rings. The summed E-state index contributed by atoms with van der Waals surface area (Å²) in [6, 6.07) is 6.78. The van der Waals surface area contributed by atoms with Crippen molar-refractivity contribution in [1.29, 1.82) is 0 Å². The second-order valence-corrected chi connectivity index (χ2v) is 7.17. The third-order valence-electron chi connectivity index (χ3n) is 4.93. The van der Waals surface area contributed by atoms with E-state index in [1.54, 1.807) is 0 Å². The number of nitrogens with zero attached hydrogens (tertiary/aromatic N) is 2. The molecule has 6 nitrogen and oxygen atoms in total. The van der Waals surface area contributed by atoms with Gasteiger partial charge in [-0.1, -0.05) is 26.0 Å². The van der Waals surface area contributed by atoms with Crippen LogP contribution in [-0.2, 0) is 6.54 Å². The molecule has 0 radical (unpaired) electrons. The predicted molar refractivity (Wildman–Crippen MR) is 97.4 cm³/mol. The molecule has 2 heterocycles. The average molecular weight is 360 g/mol. The summed E-state index contributed by atoms with van der Waals surface area (Å²) in [7, 11) is 0. The average Bonchev–Trinajstić information content (AvgIpc) is 2.93. The van der Waals surface area contributed by atoms with Gasteiger partial charge in [0.2, 0.25) is 0 Å². The van der Waals surface area contributed by atoms with Gasteiger partial charge in [0.05, 0.1) is 0 Å². The molecule has 26 heavy (non-hydrogen) atoms. The Balaban J connectivity index is 1.75. The quantitative estimate of drug-likeness (QED) is 0.878. The van der Waals surface area contributed by atoms with Crippen LogP contribution in [0.3, 0.4) is 0 Å². The highest BCUT2D eigenvalue weighted by molar-refractivity contribution is 5.92. The van der Waals surface area contributed by atoms with Crippen LogP contribution < -0.4 is 5.69 Å². The molecule has 1 aromatic heterocycles. The number of hydrogen-bond donors (Lipinski definition) is 2. The van der Waals surface area contributed by atoms with E-state index in [4.69, 9.17) is 0 Å². The highest BCUT2D eigenvalue weighted by Crippen LogP contribution is 2.21. The molecule has 1 aliphatic heterocycles. The lowest BCUT2D eigenvalue weighted by Crippen LogP contribution is -2.45. The number of nitrogens with one attached hydrogen (secondary N) is 2. The lowest BCUT2D eigenvalue weighted by atomic mass is 10.0. The van der Waals surface area contributed by atoms with E-state index in [0.717, 1.165) is 25.1 Å². The number of hydrogen-bond acceptors (Lipinski definition) is 3. The van der Waals surface area contributed by atoms with Crippen molar-refractivity contribution < 1.29 is 9.18 Å². The van der Waals surface area contributed by atoms with Crippen molar-refractivity contribution in [1.82, 2.24) is 19.8 Å². The Morgan fingerprint density at radius 1 is 1.27 bits per heavy atom. The van der Waals surface area contributed by atoms with E-state index in [-0.39, 0.29) is 23.5 Å². The molecule has 140 valence electrons. The Morgan fingerprint density at radius 3 is 2.62 bits per heavy atom. The standard InChI is InChI=1S/C19H25FN4O2/c1-13(2)17-12-24(18(25)16-10-21-19(26)22-16)9-3-8-23(17)11-14-4-6-15(20)7-5-14/h4-7,10,13,17H,3,8-9,11-12H2,1-2H3,(H2,21,22,26). The monoisotopic (exact) mass is 360 g/mol. The van der Waals surface area contributed by atoms with Crippen LogP contribution in [-0.4, -0.2) is 51.4 Å². The fourth-order valence-corrected chi connectivity index (χ4v) is 3.52. The third kappa shape index (κ3) is 4.22. The van der Waals surface area contributed by atoms with E-state index in [1.807, 2.05) is 17.0 Å². The summed E-state index contributed by atoms with van der Waals surface area (Å²) in [5.41, 5.74) is 0.984. The molecule has 1 aromatic carbocycles. The number of amides is 1. The highest BCUT2D eigenvalue weighted by atomic mass is 19.1. The minimum atomic E-state index is -0.374. The summed E-state index contributed by atoms with van der Waals surface area (Å²) >= 11 is 0. The minimum absolute atomic E-state index is 0.155. The molecule has 0 aliphatic carbocycles. The van der Waals surface area contributed by atoms with Crippen molar-refractivity contribution in [2.24, 2.45) is 5.92 Å². The molecule has 2 aromatic rings. The Kier molecular flexibility index (Phi) is 5.56. The van der Waals surface area contributed by atoms with Crippen LogP contribution in [0.4, 0.5) is 4.39 Å². The Labute approximate surface area is 152 Å². The van der Waals surface area contributed by atoms with E-state index in [0.29, 0.717) is 24.7 Å². The van der Waals surface area contributed by atoms with Gasteiger partial charge in [0.1, 0.15) is 11.5 Å². The second-order valence-electron chi connectivity index (χ2n) is 7.17. The summed E-state index contributed by atoms with van der Waals surface area (Å²) in [5.74, 6) is -0.0333. The van der Waals surface area contributed by atoms with Gasteiger partial charge >= 0.3 is 5.69 Å². The lowest BCUT2D eigenvalue weighted by Gasteiger charge is -2.34. The molecular formula is C19H25FN4O2. The smallest absolute Gasteiger partial charge is 0.323 e. The van der Waals surface area contributed by atoms with Crippen molar-refractivity contribution >= 4 is 5.91 Å². The zero-order chi connectivity index (χ0) is 18.7. The highest BCUT2D eigenvalue weighted by Gasteiger charge is 2.30. The van der Waals surface area contributed by atoms with E-state index in [9.17, 15) is 14.0 Å². The summed E-state index contributed by atoms with van der Waals surface area (Å²) in [4.78, 5) is 33.2. The molecule has 2 N–H and O–H groups in total. The third-order valence-corrected chi connectivity index (χ3v) is 4.93. The van der Waals surface area contributed by atoms with E-state index in [2.05, 4.69) is 28.7 Å². The maximum Gasteiger partial charge on any atom is 0.323 e. The fourth-order valence-electron chi connectivity index (χ4n) is 3.52. The maximum absolute atomic E-state index is 13.2. The van der Waals surface area contributed by atoms with Gasteiger partial charge in [-0.25, -0.2) is 9.18 Å². The van der Waals surface area contributed by atoms with Gasteiger partial charge in [0.25, 0.3) is 5.91 Å². The summed E-state index contributed by atoms with van der Waals surface area (Å²) in [6.45, 7) is 7.14. The number of carbonyl (C=O) groups excluding carboxylic acids is 1. The van der Waals surface area contributed by atoms with Gasteiger partial charge in [0.15, 0.2) is 0 Å². The number of benzene rings is 1. The predicted octanol–water partition coefficient (Wildman–Crippen LogP) is 2.21. The van der Waals surface area contributed by atoms with Crippen LogP contribution >= 0.6 is 0 Å². The summed E-state index contributed by atoms with van der Waals surface area (Å²) < 4.78 is 13.2. The SMILES string of the molecule is CC(C)C1CN(C(=O)c2c[nH]c(=O)[nH]2)CCCN1Cc1ccc(F)cc1. The van der Waals surface area contributed by atoms with Gasteiger partial charge in [-0.15, -0.1) is 0 Å². The molecule has 0 bridgehead atoms. The largest absolute Gasteiger partial charge is 0.336 e. The molecule has 1 atom stereocenters. The van der Waals surface area contributed by atoms with Crippen LogP contribution in [0.2, 0.25) is 0 Å². The Hall–Kier alpha value is -2.41. The van der Waals surface area contributed by atoms with Crippen LogP contribution in [0, 0.1) is 11.7 Å².